The number of rotatable bonds is 8. The summed E-state index contributed by atoms with van der Waals surface area (Å²) in [7, 11) is 3.63. The highest BCUT2D eigenvalue weighted by Crippen LogP contribution is 2.46. The minimum Gasteiger partial charge on any atom is -0.370 e. The van der Waals surface area contributed by atoms with Crippen LogP contribution in [0.2, 0.25) is 0 Å². The fraction of sp³-hybridized carbons (Fsp3) is 0.741. The molecule has 2 atom stereocenters. The van der Waals surface area contributed by atoms with Crippen LogP contribution in [0.3, 0.4) is 0 Å². The number of benzene rings is 1. The molecule has 178 valence electrons. The van der Waals surface area contributed by atoms with Crippen LogP contribution in [0.25, 0.3) is 0 Å². The summed E-state index contributed by atoms with van der Waals surface area (Å²) in [5, 5.41) is 3.49. The van der Waals surface area contributed by atoms with Gasteiger partial charge in [-0.25, -0.2) is 0 Å². The highest BCUT2D eigenvalue weighted by atomic mass is 16.5. The Kier molecular flexibility index (Phi) is 8.25. The molecule has 1 saturated carbocycles. The van der Waals surface area contributed by atoms with E-state index in [0.717, 1.165) is 25.9 Å². The maximum absolute atomic E-state index is 13.1. The number of ether oxygens (including phenoxy) is 1. The lowest BCUT2D eigenvalue weighted by molar-refractivity contribution is -0.143. The molecule has 1 aliphatic carbocycles. The lowest BCUT2D eigenvalue weighted by Crippen LogP contribution is -2.52. The Morgan fingerprint density at radius 3 is 2.47 bits per heavy atom. The normalized spacial score (nSPS) is 30.2. The Labute approximate surface area is 194 Å². The van der Waals surface area contributed by atoms with Crippen molar-refractivity contribution in [2.75, 3.05) is 40.3 Å². The van der Waals surface area contributed by atoms with Gasteiger partial charge in [-0.15, -0.1) is 0 Å². The van der Waals surface area contributed by atoms with E-state index in [9.17, 15) is 4.79 Å². The molecule has 5 heteroatoms. The second kappa shape index (κ2) is 11.1. The molecule has 32 heavy (non-hydrogen) atoms. The average molecular weight is 442 g/mol. The summed E-state index contributed by atoms with van der Waals surface area (Å²) < 4.78 is 5.64. The van der Waals surface area contributed by atoms with Crippen molar-refractivity contribution in [3.63, 3.8) is 0 Å². The molecule has 2 unspecified atom stereocenters. The number of carbonyl (C=O) groups excluding carboxylic acids is 1. The van der Waals surface area contributed by atoms with E-state index in [0.29, 0.717) is 5.92 Å². The molecular weight excluding hydrogens is 398 g/mol. The lowest BCUT2D eigenvalue weighted by atomic mass is 9.71. The van der Waals surface area contributed by atoms with Crippen molar-refractivity contribution in [1.82, 2.24) is 15.1 Å². The van der Waals surface area contributed by atoms with Crippen LogP contribution < -0.4 is 5.32 Å². The summed E-state index contributed by atoms with van der Waals surface area (Å²) in [5.41, 5.74) is 1.74. The molecule has 3 fully saturated rings. The molecule has 5 nitrogen and oxygen atoms in total. The predicted molar refractivity (Wildman–Crippen MR) is 130 cm³/mol. The third-order valence-electron chi connectivity index (χ3n) is 8.42. The molecule has 4 rings (SSSR count). The Hall–Kier alpha value is -1.43. The summed E-state index contributed by atoms with van der Waals surface area (Å²) in [5.74, 6) is 0.844. The zero-order valence-corrected chi connectivity index (χ0v) is 20.2. The van der Waals surface area contributed by atoms with Crippen LogP contribution in [-0.2, 0) is 15.1 Å². The zero-order valence-electron chi connectivity index (χ0n) is 20.2. The number of methoxy groups -OCH3 is 1. The Morgan fingerprint density at radius 2 is 1.84 bits per heavy atom. The monoisotopic (exact) mass is 441 g/mol. The van der Waals surface area contributed by atoms with Gasteiger partial charge in [0.25, 0.3) is 5.91 Å². The Bertz CT molecular complexity index is 705. The average Bonchev–Trinajstić information content (AvgIpc) is 3.40. The summed E-state index contributed by atoms with van der Waals surface area (Å²) in [6.45, 7) is 4.30. The molecule has 3 aliphatic rings. The number of nitrogens with zero attached hydrogens (tertiary/aromatic N) is 2. The third kappa shape index (κ3) is 5.21. The van der Waals surface area contributed by atoms with E-state index in [1.807, 2.05) is 11.9 Å². The first-order valence-corrected chi connectivity index (χ1v) is 13.0. The van der Waals surface area contributed by atoms with E-state index in [2.05, 4.69) is 40.5 Å². The van der Waals surface area contributed by atoms with Gasteiger partial charge in [-0.05, 0) is 88.9 Å². The number of hydrogen-bond donors (Lipinski definition) is 1. The van der Waals surface area contributed by atoms with Gasteiger partial charge in [-0.1, -0.05) is 36.8 Å². The van der Waals surface area contributed by atoms with Crippen molar-refractivity contribution in [3.8, 4) is 0 Å². The first kappa shape index (κ1) is 23.7. The minimum atomic E-state index is -0.354. The third-order valence-corrected chi connectivity index (χ3v) is 8.42. The van der Waals surface area contributed by atoms with Crippen molar-refractivity contribution in [2.45, 2.75) is 81.9 Å². The molecule has 0 bridgehead atoms. The van der Waals surface area contributed by atoms with E-state index in [1.54, 1.807) is 7.11 Å². The molecule has 1 aromatic carbocycles. The molecule has 1 amide bonds. The quantitative estimate of drug-likeness (QED) is 0.658. The maximum Gasteiger partial charge on any atom is 0.253 e. The van der Waals surface area contributed by atoms with Gasteiger partial charge in [0.2, 0.25) is 0 Å². The summed E-state index contributed by atoms with van der Waals surface area (Å²) in [6.07, 6.45) is 11.8. The molecule has 1 N–H and O–H groups in total. The van der Waals surface area contributed by atoms with Gasteiger partial charge in [0.15, 0.2) is 6.10 Å². The van der Waals surface area contributed by atoms with E-state index in [1.165, 1.54) is 70.0 Å². The van der Waals surface area contributed by atoms with E-state index < -0.39 is 0 Å². The van der Waals surface area contributed by atoms with Gasteiger partial charge in [-0.3, -0.25) is 9.69 Å². The molecule has 0 radical (unpaired) electrons. The molecule has 2 saturated heterocycles. The Balaban J connectivity index is 1.31. The SMILES string of the molecule is COC(C(=O)N(C)CCC1CCC(c2ccccc2)(N2CCCC2)CC1)C1CCCCN1. The largest absolute Gasteiger partial charge is 0.370 e. The smallest absolute Gasteiger partial charge is 0.253 e. The van der Waals surface area contributed by atoms with Crippen LogP contribution in [0.4, 0.5) is 0 Å². The van der Waals surface area contributed by atoms with E-state index in [-0.39, 0.29) is 23.6 Å². The van der Waals surface area contributed by atoms with Crippen LogP contribution in [-0.4, -0.2) is 68.2 Å². The van der Waals surface area contributed by atoms with E-state index >= 15 is 0 Å². The van der Waals surface area contributed by atoms with Gasteiger partial charge in [-0.2, -0.15) is 0 Å². The number of likely N-dealkylation sites (N-methyl/N-ethyl adjacent to an activating group) is 1. The summed E-state index contributed by atoms with van der Waals surface area (Å²) in [6, 6.07) is 11.4. The van der Waals surface area contributed by atoms with Gasteiger partial charge >= 0.3 is 0 Å². The van der Waals surface area contributed by atoms with Crippen molar-refractivity contribution in [1.29, 1.82) is 0 Å². The Morgan fingerprint density at radius 1 is 1.12 bits per heavy atom. The number of carbonyl (C=O) groups is 1. The topological polar surface area (TPSA) is 44.8 Å². The molecule has 1 aromatic rings. The van der Waals surface area contributed by atoms with Gasteiger partial charge in [0.1, 0.15) is 0 Å². The van der Waals surface area contributed by atoms with Crippen molar-refractivity contribution < 1.29 is 9.53 Å². The minimum absolute atomic E-state index is 0.137. The number of likely N-dealkylation sites (tertiary alicyclic amines) is 1. The first-order valence-electron chi connectivity index (χ1n) is 13.0. The molecule has 0 aromatic heterocycles. The fourth-order valence-electron chi connectivity index (χ4n) is 6.40. The van der Waals surface area contributed by atoms with Crippen molar-refractivity contribution in [2.24, 2.45) is 5.92 Å². The van der Waals surface area contributed by atoms with Crippen LogP contribution in [0.15, 0.2) is 30.3 Å². The number of piperidine rings is 1. The highest BCUT2D eigenvalue weighted by molar-refractivity contribution is 5.81. The van der Waals surface area contributed by atoms with Crippen LogP contribution >= 0.6 is 0 Å². The van der Waals surface area contributed by atoms with Gasteiger partial charge in [0, 0.05) is 32.3 Å². The zero-order chi connectivity index (χ0) is 22.4. The van der Waals surface area contributed by atoms with E-state index in [4.69, 9.17) is 4.74 Å². The van der Waals surface area contributed by atoms with Crippen LogP contribution in [0.1, 0.15) is 69.8 Å². The molecule has 0 spiro atoms. The van der Waals surface area contributed by atoms with Crippen LogP contribution in [0, 0.1) is 5.92 Å². The standard InChI is InChI=1S/C27H43N3O2/c1-29(26(31)25(32-2)24-12-6-7-18-28-24)21-15-22-13-16-27(17-14-22,30-19-8-9-20-30)23-10-4-3-5-11-23/h3-5,10-11,22,24-25,28H,6-9,12-21H2,1-2H3. The first-order chi connectivity index (χ1) is 15.6. The fourth-order valence-corrected chi connectivity index (χ4v) is 6.40. The van der Waals surface area contributed by atoms with Gasteiger partial charge in [0.05, 0.1) is 0 Å². The predicted octanol–water partition coefficient (Wildman–Crippen LogP) is 4.17. The second-order valence-corrected chi connectivity index (χ2v) is 10.3. The van der Waals surface area contributed by atoms with Gasteiger partial charge < -0.3 is 15.0 Å². The number of amides is 1. The highest BCUT2D eigenvalue weighted by Gasteiger charge is 2.42. The molecular formula is C27H43N3O2. The number of nitrogens with one attached hydrogen (secondary N) is 1. The molecule has 2 aliphatic heterocycles. The van der Waals surface area contributed by atoms with Crippen molar-refractivity contribution >= 4 is 5.91 Å². The van der Waals surface area contributed by atoms with Crippen molar-refractivity contribution in [3.05, 3.63) is 35.9 Å². The summed E-state index contributed by atoms with van der Waals surface area (Å²) >= 11 is 0. The second-order valence-electron chi connectivity index (χ2n) is 10.3. The molecule has 2 heterocycles. The summed E-state index contributed by atoms with van der Waals surface area (Å²) in [4.78, 5) is 17.8. The number of hydrogen-bond acceptors (Lipinski definition) is 4. The maximum atomic E-state index is 13.1. The lowest BCUT2D eigenvalue weighted by Gasteiger charge is -2.47. The van der Waals surface area contributed by atoms with Crippen LogP contribution in [0.5, 0.6) is 0 Å².